The van der Waals surface area contributed by atoms with E-state index in [4.69, 9.17) is 4.74 Å². The van der Waals surface area contributed by atoms with Crippen molar-refractivity contribution in [2.45, 2.75) is 31.6 Å². The van der Waals surface area contributed by atoms with E-state index in [2.05, 4.69) is 34.9 Å². The summed E-state index contributed by atoms with van der Waals surface area (Å²) >= 11 is 0. The third kappa shape index (κ3) is 3.75. The Balaban J connectivity index is 1.07. The Morgan fingerprint density at radius 3 is 2.21 bits per heavy atom. The molecule has 3 aliphatic carbocycles. The maximum atomic E-state index is 12.2. The largest absolute Gasteiger partial charge is 0.481 e. The van der Waals surface area contributed by atoms with Gasteiger partial charge in [-0.1, -0.05) is 61.0 Å². The normalized spacial score (nSPS) is 21.4. The maximum absolute atomic E-state index is 12.2. The van der Waals surface area contributed by atoms with Crippen LogP contribution in [-0.4, -0.2) is 42.8 Å². The monoisotopic (exact) mass is 460 g/mol. The number of carboxylic acid groups (broad SMARTS) is 1. The van der Waals surface area contributed by atoms with Crippen LogP contribution in [0.5, 0.6) is 0 Å². The van der Waals surface area contributed by atoms with E-state index in [1.54, 1.807) is 0 Å². The van der Waals surface area contributed by atoms with Gasteiger partial charge in [-0.3, -0.25) is 9.59 Å². The Labute approximate surface area is 198 Å². The molecule has 3 N–H and O–H groups in total. The number of carbonyl (C=O) groups excluding carboxylic acids is 2. The highest BCUT2D eigenvalue weighted by Gasteiger charge is 2.73. The molecule has 0 radical (unpaired) electrons. The Morgan fingerprint density at radius 1 is 1.00 bits per heavy atom. The van der Waals surface area contributed by atoms with Crippen LogP contribution in [0.3, 0.4) is 0 Å². The molecule has 1 spiro atoms. The first-order valence-electron chi connectivity index (χ1n) is 11.7. The Bertz CT molecular complexity index is 1120. The second kappa shape index (κ2) is 8.63. The molecule has 7 nitrogen and oxygen atoms in total. The first-order chi connectivity index (χ1) is 16.5. The molecule has 0 saturated heterocycles. The highest BCUT2D eigenvalue weighted by molar-refractivity contribution is 5.89. The summed E-state index contributed by atoms with van der Waals surface area (Å²) in [6.07, 6.45) is 5.84. The van der Waals surface area contributed by atoms with E-state index in [0.717, 1.165) is 30.4 Å². The number of carbonyl (C=O) groups is 3. The summed E-state index contributed by atoms with van der Waals surface area (Å²) in [7, 11) is 0. The molecule has 0 heterocycles. The fraction of sp³-hybridized carbons (Fsp3) is 0.370. The van der Waals surface area contributed by atoms with Gasteiger partial charge in [-0.05, 0) is 46.9 Å². The second-order valence-electron chi connectivity index (χ2n) is 9.52. The third-order valence-corrected chi connectivity index (χ3v) is 7.79. The zero-order valence-corrected chi connectivity index (χ0v) is 18.9. The fourth-order valence-electron chi connectivity index (χ4n) is 5.68. The van der Waals surface area contributed by atoms with E-state index >= 15 is 0 Å². The first kappa shape index (κ1) is 22.2. The van der Waals surface area contributed by atoms with Crippen LogP contribution < -0.4 is 10.6 Å². The zero-order valence-electron chi connectivity index (χ0n) is 18.9. The molecule has 34 heavy (non-hydrogen) atoms. The van der Waals surface area contributed by atoms with Gasteiger partial charge in [0.25, 0.3) is 0 Å². The molecule has 3 aliphatic rings. The van der Waals surface area contributed by atoms with E-state index in [1.807, 2.05) is 24.3 Å². The summed E-state index contributed by atoms with van der Waals surface area (Å²) in [6, 6.07) is 16.3. The van der Waals surface area contributed by atoms with Crippen molar-refractivity contribution < 1.29 is 24.2 Å². The number of carboxylic acids is 1. The molecule has 0 bridgehead atoms. The van der Waals surface area contributed by atoms with Crippen LogP contribution in [0.4, 0.5) is 4.79 Å². The second-order valence-corrected chi connectivity index (χ2v) is 9.52. The van der Waals surface area contributed by atoms with Crippen molar-refractivity contribution in [2.24, 2.45) is 10.8 Å². The molecule has 1 atom stereocenters. The van der Waals surface area contributed by atoms with Gasteiger partial charge >= 0.3 is 12.1 Å². The van der Waals surface area contributed by atoms with Gasteiger partial charge in [0, 0.05) is 25.1 Å². The molecule has 0 aliphatic heterocycles. The van der Waals surface area contributed by atoms with E-state index in [0.29, 0.717) is 6.42 Å². The predicted molar refractivity (Wildman–Crippen MR) is 126 cm³/mol. The summed E-state index contributed by atoms with van der Waals surface area (Å²) in [5.41, 5.74) is 3.70. The van der Waals surface area contributed by atoms with Crippen molar-refractivity contribution in [3.8, 4) is 11.1 Å². The van der Waals surface area contributed by atoms with Crippen molar-refractivity contribution in [2.75, 3.05) is 19.7 Å². The number of benzene rings is 2. The number of hydrogen-bond acceptors (Lipinski definition) is 4. The third-order valence-electron chi connectivity index (χ3n) is 7.79. The van der Waals surface area contributed by atoms with Crippen molar-refractivity contribution in [3.05, 3.63) is 71.8 Å². The molecule has 2 aromatic carbocycles. The number of alkyl carbamates (subject to hydrolysis) is 1. The minimum atomic E-state index is -0.826. The van der Waals surface area contributed by atoms with Crippen LogP contribution in [0.1, 0.15) is 42.7 Å². The topological polar surface area (TPSA) is 105 Å². The predicted octanol–water partition coefficient (Wildman–Crippen LogP) is 3.84. The standard InChI is InChI=1S/C27H28N2O5/c30-23(29-17-27(24(31)32)16-26(27)12-6-13-26)11-5-14-28-25(33)34-15-22-20-9-3-1-7-18(20)19-8-2-4-10-21(19)22/h1-5,7-11,22H,6,12-17H2,(H,28,33)(H,29,30)(H,31,32)/b11-5+. The highest BCUT2D eigenvalue weighted by Crippen LogP contribution is 2.73. The number of hydrogen-bond donors (Lipinski definition) is 3. The molecule has 0 aromatic heterocycles. The van der Waals surface area contributed by atoms with Crippen molar-refractivity contribution >= 4 is 18.0 Å². The van der Waals surface area contributed by atoms with Gasteiger partial charge in [0.1, 0.15) is 6.61 Å². The van der Waals surface area contributed by atoms with Gasteiger partial charge in [0.2, 0.25) is 5.91 Å². The van der Waals surface area contributed by atoms with E-state index in [-0.39, 0.29) is 36.9 Å². The number of amides is 2. The molecule has 5 rings (SSSR count). The van der Waals surface area contributed by atoms with Crippen LogP contribution in [-0.2, 0) is 14.3 Å². The van der Waals surface area contributed by atoms with Crippen molar-refractivity contribution in [1.29, 1.82) is 0 Å². The molecule has 2 fully saturated rings. The van der Waals surface area contributed by atoms with Crippen LogP contribution in [0.25, 0.3) is 11.1 Å². The average molecular weight is 461 g/mol. The van der Waals surface area contributed by atoms with Crippen molar-refractivity contribution in [1.82, 2.24) is 10.6 Å². The minimum Gasteiger partial charge on any atom is -0.481 e. The molecule has 2 amide bonds. The summed E-state index contributed by atoms with van der Waals surface area (Å²) in [5, 5.41) is 14.9. The zero-order chi connectivity index (χ0) is 23.8. The van der Waals surface area contributed by atoms with Crippen LogP contribution in [0.15, 0.2) is 60.7 Å². The van der Waals surface area contributed by atoms with Gasteiger partial charge in [-0.2, -0.15) is 0 Å². The van der Waals surface area contributed by atoms with Gasteiger partial charge in [-0.25, -0.2) is 4.79 Å². The molecular weight excluding hydrogens is 432 g/mol. The van der Waals surface area contributed by atoms with Crippen LogP contribution in [0.2, 0.25) is 0 Å². The Kier molecular flexibility index (Phi) is 5.63. The summed E-state index contributed by atoms with van der Waals surface area (Å²) < 4.78 is 5.47. The molecule has 2 aromatic rings. The molecular formula is C27H28N2O5. The fourth-order valence-corrected chi connectivity index (χ4v) is 5.68. The Morgan fingerprint density at radius 2 is 1.65 bits per heavy atom. The minimum absolute atomic E-state index is 0.0117. The lowest BCUT2D eigenvalue weighted by Crippen LogP contribution is -2.39. The summed E-state index contributed by atoms with van der Waals surface area (Å²) in [4.78, 5) is 36.0. The number of ether oxygens (including phenoxy) is 1. The SMILES string of the molecule is O=C(/C=C/CNC(=O)OCC1c2ccccc2-c2ccccc21)NCC1(C(=O)O)CC12CCC2. The van der Waals surface area contributed by atoms with Gasteiger partial charge in [-0.15, -0.1) is 0 Å². The van der Waals surface area contributed by atoms with Crippen molar-refractivity contribution in [3.63, 3.8) is 0 Å². The van der Waals surface area contributed by atoms with E-state index < -0.39 is 17.5 Å². The summed E-state index contributed by atoms with van der Waals surface area (Å²) in [5.74, 6) is -1.20. The number of nitrogens with one attached hydrogen (secondary N) is 2. The van der Waals surface area contributed by atoms with Gasteiger partial charge in [0.05, 0.1) is 5.41 Å². The lowest BCUT2D eigenvalue weighted by atomic mass is 9.75. The molecule has 2 saturated carbocycles. The lowest BCUT2D eigenvalue weighted by Gasteiger charge is -2.30. The van der Waals surface area contributed by atoms with Crippen LogP contribution in [0, 0.1) is 10.8 Å². The molecule has 1 unspecified atom stereocenters. The number of fused-ring (bicyclic) bond motifs is 3. The van der Waals surface area contributed by atoms with Gasteiger partial charge in [0.15, 0.2) is 0 Å². The number of aliphatic carboxylic acids is 1. The Hall–Kier alpha value is -3.61. The highest BCUT2D eigenvalue weighted by atomic mass is 16.5. The average Bonchev–Trinajstić information content (AvgIpc) is 3.44. The lowest BCUT2D eigenvalue weighted by molar-refractivity contribution is -0.145. The quantitative estimate of drug-likeness (QED) is 0.519. The van der Waals surface area contributed by atoms with E-state index in [9.17, 15) is 19.5 Å². The van der Waals surface area contributed by atoms with Crippen LogP contribution >= 0.6 is 0 Å². The first-order valence-corrected chi connectivity index (χ1v) is 11.7. The van der Waals surface area contributed by atoms with E-state index in [1.165, 1.54) is 23.3 Å². The molecule has 7 heteroatoms. The molecule has 176 valence electrons. The summed E-state index contributed by atoms with van der Waals surface area (Å²) in [6.45, 7) is 0.506. The van der Waals surface area contributed by atoms with Gasteiger partial charge < -0.3 is 20.5 Å². The number of rotatable bonds is 8. The smallest absolute Gasteiger partial charge is 0.407 e. The maximum Gasteiger partial charge on any atom is 0.407 e.